The van der Waals surface area contributed by atoms with Crippen LogP contribution in [0.25, 0.3) is 11.3 Å². The van der Waals surface area contributed by atoms with Crippen molar-refractivity contribution in [3.8, 4) is 28.8 Å². The third kappa shape index (κ3) is 4.23. The van der Waals surface area contributed by atoms with Crippen LogP contribution in [0.1, 0.15) is 21.5 Å². The number of aliphatic hydroxyl groups is 1. The van der Waals surface area contributed by atoms with Crippen molar-refractivity contribution < 1.29 is 24.2 Å². The lowest BCUT2D eigenvalue weighted by atomic mass is 9.88. The zero-order chi connectivity index (χ0) is 25.1. The summed E-state index contributed by atoms with van der Waals surface area (Å²) in [5.74, 6) is 4.81. The van der Waals surface area contributed by atoms with Crippen LogP contribution in [0.2, 0.25) is 0 Å². The molecule has 36 heavy (non-hydrogen) atoms. The van der Waals surface area contributed by atoms with Crippen molar-refractivity contribution >= 4 is 17.8 Å². The number of ether oxygens (including phenoxy) is 1. The van der Waals surface area contributed by atoms with E-state index in [0.717, 1.165) is 11.1 Å². The number of hydrogen-bond donors (Lipinski definition) is 3. The van der Waals surface area contributed by atoms with Gasteiger partial charge >= 0.3 is 6.03 Å². The molecule has 0 bridgehead atoms. The molecule has 3 heterocycles. The Balaban J connectivity index is 1.40. The molecule has 2 aromatic carbocycles. The molecule has 2 aliphatic rings. The second-order valence-corrected chi connectivity index (χ2v) is 8.26. The molecule has 10 heteroatoms. The highest BCUT2D eigenvalue weighted by Crippen LogP contribution is 2.33. The third-order valence-corrected chi connectivity index (χ3v) is 6.08. The van der Waals surface area contributed by atoms with Crippen molar-refractivity contribution in [1.82, 2.24) is 25.5 Å². The van der Waals surface area contributed by atoms with Crippen molar-refractivity contribution in [2.24, 2.45) is 0 Å². The van der Waals surface area contributed by atoms with E-state index in [9.17, 15) is 14.4 Å². The summed E-state index contributed by atoms with van der Waals surface area (Å²) in [7, 11) is 0. The average molecular weight is 483 g/mol. The molecule has 0 spiro atoms. The Morgan fingerprint density at radius 3 is 2.61 bits per heavy atom. The van der Waals surface area contributed by atoms with E-state index in [0.29, 0.717) is 22.6 Å². The van der Waals surface area contributed by atoms with E-state index >= 15 is 0 Å². The van der Waals surface area contributed by atoms with Gasteiger partial charge in [-0.15, -0.1) is 0 Å². The second kappa shape index (κ2) is 9.48. The van der Waals surface area contributed by atoms with Gasteiger partial charge in [-0.3, -0.25) is 24.9 Å². The minimum absolute atomic E-state index is 0.0548. The molecule has 1 fully saturated rings. The number of carbonyl (C=O) groups is 3. The number of imide groups is 1. The highest BCUT2D eigenvalue weighted by atomic mass is 16.5. The molecule has 10 nitrogen and oxygen atoms in total. The fraction of sp³-hybridized carbons (Fsp3) is 0.192. The fourth-order valence-corrected chi connectivity index (χ4v) is 4.34. The average Bonchev–Trinajstić information content (AvgIpc) is 3.37. The Labute approximate surface area is 206 Å². The summed E-state index contributed by atoms with van der Waals surface area (Å²) >= 11 is 0. The predicted molar refractivity (Wildman–Crippen MR) is 127 cm³/mol. The topological polar surface area (TPSA) is 134 Å². The van der Waals surface area contributed by atoms with Gasteiger partial charge in [0, 0.05) is 30.1 Å². The first-order valence-electron chi connectivity index (χ1n) is 11.1. The van der Waals surface area contributed by atoms with E-state index in [1.165, 1.54) is 4.90 Å². The van der Waals surface area contributed by atoms with Gasteiger partial charge < -0.3 is 20.1 Å². The molecule has 180 valence electrons. The maximum Gasteiger partial charge on any atom is 0.322 e. The Kier molecular flexibility index (Phi) is 6.06. The number of urea groups is 1. The van der Waals surface area contributed by atoms with Crippen LogP contribution in [0.15, 0.2) is 61.1 Å². The lowest BCUT2D eigenvalue weighted by Gasteiger charge is -2.31. The van der Waals surface area contributed by atoms with Crippen molar-refractivity contribution in [2.45, 2.75) is 12.1 Å². The summed E-state index contributed by atoms with van der Waals surface area (Å²) in [5.41, 5.74) is 1.80. The standard InChI is InChI=1S/C26H21N5O5/c32-11-1-2-12-36-20-8-5-18-15-31(23(33)21(18)13-20)16-26(24(34)29-25(35)30-26)19-6-3-17(4-7-19)22-14-27-9-10-28-22/h3-10,13-14,32H,11-12,15-16H2,(H2,29,30,34,35)/t26-/m1/s1. The Morgan fingerprint density at radius 1 is 1.08 bits per heavy atom. The number of rotatable bonds is 6. The maximum atomic E-state index is 13.3. The van der Waals surface area contributed by atoms with E-state index in [2.05, 4.69) is 32.4 Å². The molecule has 1 aromatic heterocycles. The molecular formula is C26H21N5O5. The summed E-state index contributed by atoms with van der Waals surface area (Å²) < 4.78 is 5.53. The van der Waals surface area contributed by atoms with E-state index in [-0.39, 0.29) is 32.2 Å². The highest BCUT2D eigenvalue weighted by molar-refractivity contribution is 6.08. The summed E-state index contributed by atoms with van der Waals surface area (Å²) in [6.45, 7) is 0.0508. The number of fused-ring (bicyclic) bond motifs is 1. The fourth-order valence-electron chi connectivity index (χ4n) is 4.34. The van der Waals surface area contributed by atoms with Crippen LogP contribution in [0.5, 0.6) is 5.75 Å². The lowest BCUT2D eigenvalue weighted by Crippen LogP contribution is -2.52. The van der Waals surface area contributed by atoms with E-state index in [1.54, 1.807) is 61.1 Å². The second-order valence-electron chi connectivity index (χ2n) is 8.26. The van der Waals surface area contributed by atoms with Gasteiger partial charge in [-0.2, -0.15) is 0 Å². The van der Waals surface area contributed by atoms with Crippen molar-refractivity contribution in [3.05, 3.63) is 77.7 Å². The number of hydrogen-bond acceptors (Lipinski definition) is 7. The van der Waals surface area contributed by atoms with Crippen LogP contribution < -0.4 is 15.4 Å². The van der Waals surface area contributed by atoms with Crippen LogP contribution >= 0.6 is 0 Å². The van der Waals surface area contributed by atoms with Gasteiger partial charge in [0.2, 0.25) is 0 Å². The van der Waals surface area contributed by atoms with Gasteiger partial charge in [-0.25, -0.2) is 4.79 Å². The van der Waals surface area contributed by atoms with Gasteiger partial charge in [-0.05, 0) is 23.3 Å². The molecule has 0 saturated carbocycles. The molecule has 3 N–H and O–H groups in total. The first-order valence-corrected chi connectivity index (χ1v) is 11.1. The monoisotopic (exact) mass is 483 g/mol. The van der Waals surface area contributed by atoms with Gasteiger partial charge in [0.05, 0.1) is 18.4 Å². The number of aromatic nitrogens is 2. The quantitative estimate of drug-likeness (QED) is 0.354. The Bertz CT molecular complexity index is 1400. The number of nitrogens with zero attached hydrogens (tertiary/aromatic N) is 3. The Morgan fingerprint density at radius 2 is 1.92 bits per heavy atom. The maximum absolute atomic E-state index is 13.3. The summed E-state index contributed by atoms with van der Waals surface area (Å²) in [4.78, 5) is 48.4. The first kappa shape index (κ1) is 23.0. The Hall–Kier alpha value is -4.75. The van der Waals surface area contributed by atoms with Crippen LogP contribution in [0.3, 0.4) is 0 Å². The number of carbonyl (C=O) groups excluding carboxylic acids is 3. The largest absolute Gasteiger partial charge is 0.481 e. The summed E-state index contributed by atoms with van der Waals surface area (Å²) in [6.07, 6.45) is 4.80. The molecule has 2 aliphatic heterocycles. The lowest BCUT2D eigenvalue weighted by molar-refractivity contribution is -0.124. The molecular weight excluding hydrogens is 462 g/mol. The predicted octanol–water partition coefficient (Wildman–Crippen LogP) is 1.21. The van der Waals surface area contributed by atoms with E-state index < -0.39 is 17.5 Å². The molecule has 0 aliphatic carbocycles. The number of nitrogens with one attached hydrogen (secondary N) is 2. The highest BCUT2D eigenvalue weighted by Gasteiger charge is 2.50. The van der Waals surface area contributed by atoms with Gasteiger partial charge in [-0.1, -0.05) is 42.2 Å². The molecule has 0 unspecified atom stereocenters. The molecule has 1 atom stereocenters. The minimum Gasteiger partial charge on any atom is -0.481 e. The summed E-state index contributed by atoms with van der Waals surface area (Å²) in [6, 6.07) is 11.6. The zero-order valence-electron chi connectivity index (χ0n) is 19.0. The van der Waals surface area contributed by atoms with Crippen LogP contribution in [-0.4, -0.2) is 57.6 Å². The SMILES string of the molecule is O=C1NC(=O)[C@@](CN2Cc3ccc(OCC#CCO)cc3C2=O)(c2ccc(-c3cnccn3)cc2)N1. The van der Waals surface area contributed by atoms with Crippen LogP contribution in [-0.2, 0) is 16.9 Å². The summed E-state index contributed by atoms with van der Waals surface area (Å²) in [5, 5.41) is 13.8. The molecule has 3 aromatic rings. The van der Waals surface area contributed by atoms with E-state index in [1.807, 2.05) is 0 Å². The molecule has 5 rings (SSSR count). The molecule has 0 radical (unpaired) electrons. The normalized spacial score (nSPS) is 18.2. The van der Waals surface area contributed by atoms with Crippen LogP contribution in [0, 0.1) is 11.8 Å². The smallest absolute Gasteiger partial charge is 0.322 e. The van der Waals surface area contributed by atoms with Gasteiger partial charge in [0.15, 0.2) is 5.54 Å². The zero-order valence-corrected chi connectivity index (χ0v) is 19.0. The minimum atomic E-state index is -1.45. The van der Waals surface area contributed by atoms with Crippen LogP contribution in [0.4, 0.5) is 4.79 Å². The number of benzene rings is 2. The molecule has 1 saturated heterocycles. The van der Waals surface area contributed by atoms with Gasteiger partial charge in [0.1, 0.15) is 19.0 Å². The van der Waals surface area contributed by atoms with Crippen molar-refractivity contribution in [1.29, 1.82) is 0 Å². The molecule has 4 amide bonds. The first-order chi connectivity index (χ1) is 17.5. The third-order valence-electron chi connectivity index (χ3n) is 6.08. The van der Waals surface area contributed by atoms with E-state index in [4.69, 9.17) is 9.84 Å². The van der Waals surface area contributed by atoms with Crippen molar-refractivity contribution in [2.75, 3.05) is 19.8 Å². The number of amides is 4. The number of aliphatic hydroxyl groups excluding tert-OH is 1. The van der Waals surface area contributed by atoms with Gasteiger partial charge in [0.25, 0.3) is 11.8 Å². The van der Waals surface area contributed by atoms with Crippen molar-refractivity contribution in [3.63, 3.8) is 0 Å².